The maximum Gasteiger partial charge on any atom is 0.106 e. The molecule has 0 amide bonds. The van der Waals surface area contributed by atoms with Crippen molar-refractivity contribution >= 4 is 21.6 Å². The monoisotopic (exact) mass is 257 g/mol. The van der Waals surface area contributed by atoms with Crippen molar-refractivity contribution < 1.29 is 4.84 Å². The molecule has 1 aromatic rings. The zero-order valence-corrected chi connectivity index (χ0v) is 10.6. The summed E-state index contributed by atoms with van der Waals surface area (Å²) < 4.78 is 1.07. The van der Waals surface area contributed by atoms with E-state index in [0.717, 1.165) is 15.7 Å². The highest BCUT2D eigenvalue weighted by Crippen LogP contribution is 2.11. The average molecular weight is 258 g/mol. The van der Waals surface area contributed by atoms with Crippen molar-refractivity contribution in [1.29, 1.82) is 0 Å². The maximum atomic E-state index is 4.66. The van der Waals surface area contributed by atoms with Gasteiger partial charge < -0.3 is 4.84 Å². The van der Waals surface area contributed by atoms with E-state index < -0.39 is 0 Å². The van der Waals surface area contributed by atoms with E-state index in [4.69, 9.17) is 0 Å². The first kappa shape index (κ1) is 13.2. The van der Waals surface area contributed by atoms with Gasteiger partial charge in [-0.3, -0.25) is 0 Å². The van der Waals surface area contributed by atoms with Crippen LogP contribution in [-0.4, -0.2) is 12.8 Å². The minimum absolute atomic E-state index is 0.880. The van der Waals surface area contributed by atoms with Crippen molar-refractivity contribution in [2.45, 2.75) is 20.8 Å². The van der Waals surface area contributed by atoms with Crippen molar-refractivity contribution in [1.82, 2.24) is 0 Å². The Morgan fingerprint density at radius 3 is 2.14 bits per heavy atom. The lowest BCUT2D eigenvalue weighted by molar-refractivity contribution is 0.213. The molecule has 0 spiro atoms. The number of halogens is 1. The highest BCUT2D eigenvalue weighted by atomic mass is 79.9. The molecule has 0 heterocycles. The molecular formula is C11H16BrNO. The molecule has 1 rings (SSSR count). The van der Waals surface area contributed by atoms with Crippen molar-refractivity contribution in [3.05, 3.63) is 34.3 Å². The number of benzene rings is 1. The summed E-state index contributed by atoms with van der Waals surface area (Å²) in [5, 5.41) is 3.83. The van der Waals surface area contributed by atoms with E-state index in [1.807, 2.05) is 45.0 Å². The highest BCUT2D eigenvalue weighted by Gasteiger charge is 1.96. The molecular weight excluding hydrogens is 242 g/mol. The van der Waals surface area contributed by atoms with Gasteiger partial charge in [0.2, 0.25) is 0 Å². The van der Waals surface area contributed by atoms with Gasteiger partial charge in [0.25, 0.3) is 0 Å². The van der Waals surface area contributed by atoms with Gasteiger partial charge in [-0.05, 0) is 24.6 Å². The Hall–Kier alpha value is -0.830. The van der Waals surface area contributed by atoms with Crippen LogP contribution in [0.15, 0.2) is 33.9 Å². The molecule has 0 unspecified atom stereocenters. The fourth-order valence-corrected chi connectivity index (χ4v) is 1.15. The van der Waals surface area contributed by atoms with E-state index in [1.54, 1.807) is 7.11 Å². The summed E-state index contributed by atoms with van der Waals surface area (Å²) in [5.74, 6) is 0. The van der Waals surface area contributed by atoms with Crippen LogP contribution in [0.4, 0.5) is 0 Å². The van der Waals surface area contributed by atoms with E-state index in [-0.39, 0.29) is 0 Å². The molecule has 0 radical (unpaired) electrons. The predicted molar refractivity (Wildman–Crippen MR) is 64.7 cm³/mol. The Morgan fingerprint density at radius 1 is 1.21 bits per heavy atom. The second-order valence-corrected chi connectivity index (χ2v) is 3.28. The molecule has 78 valence electrons. The summed E-state index contributed by atoms with van der Waals surface area (Å²) in [5.41, 5.74) is 1.95. The Labute approximate surface area is 94.1 Å². The quantitative estimate of drug-likeness (QED) is 0.583. The van der Waals surface area contributed by atoms with Gasteiger partial charge in [-0.2, -0.15) is 0 Å². The summed E-state index contributed by atoms with van der Waals surface area (Å²) in [6.07, 6.45) is 0. The first-order valence-corrected chi connectivity index (χ1v) is 5.37. The molecule has 0 N–H and O–H groups in total. The van der Waals surface area contributed by atoms with Crippen LogP contribution in [0.1, 0.15) is 26.3 Å². The zero-order valence-electron chi connectivity index (χ0n) is 9.04. The van der Waals surface area contributed by atoms with Gasteiger partial charge in [-0.1, -0.05) is 47.1 Å². The van der Waals surface area contributed by atoms with Gasteiger partial charge in [0.05, 0.1) is 5.71 Å². The molecule has 0 aliphatic heterocycles. The standard InChI is InChI=1S/C9H10BrNO.C2H6/c1-7(11-12-2)8-3-5-9(10)6-4-8;1-2/h3-6H,1-2H3;1-2H3/b11-7+;. The van der Waals surface area contributed by atoms with Gasteiger partial charge in [0.15, 0.2) is 0 Å². The van der Waals surface area contributed by atoms with Crippen molar-refractivity contribution in [3.8, 4) is 0 Å². The van der Waals surface area contributed by atoms with Crippen LogP contribution in [-0.2, 0) is 4.84 Å². The van der Waals surface area contributed by atoms with E-state index in [9.17, 15) is 0 Å². The van der Waals surface area contributed by atoms with E-state index in [0.29, 0.717) is 0 Å². The second-order valence-electron chi connectivity index (χ2n) is 2.37. The predicted octanol–water partition coefficient (Wildman–Crippen LogP) is 3.85. The van der Waals surface area contributed by atoms with Crippen LogP contribution in [0, 0.1) is 0 Å². The second kappa shape index (κ2) is 7.56. The van der Waals surface area contributed by atoms with Gasteiger partial charge in [-0.25, -0.2) is 0 Å². The van der Waals surface area contributed by atoms with Crippen LogP contribution in [0.3, 0.4) is 0 Å². The summed E-state index contributed by atoms with van der Waals surface area (Å²) >= 11 is 3.36. The summed E-state index contributed by atoms with van der Waals surface area (Å²) in [7, 11) is 1.54. The minimum atomic E-state index is 0.880. The topological polar surface area (TPSA) is 21.6 Å². The van der Waals surface area contributed by atoms with Crippen molar-refractivity contribution in [2.75, 3.05) is 7.11 Å². The Morgan fingerprint density at radius 2 is 1.71 bits per heavy atom. The lowest BCUT2D eigenvalue weighted by Crippen LogP contribution is -1.94. The van der Waals surface area contributed by atoms with Gasteiger partial charge in [-0.15, -0.1) is 0 Å². The largest absolute Gasteiger partial charge is 0.399 e. The number of oxime groups is 1. The zero-order chi connectivity index (χ0) is 11.0. The van der Waals surface area contributed by atoms with Crippen LogP contribution in [0.5, 0.6) is 0 Å². The Bertz CT molecular complexity index is 280. The molecule has 2 nitrogen and oxygen atoms in total. The molecule has 0 aliphatic carbocycles. The fraction of sp³-hybridized carbons (Fsp3) is 0.364. The Balaban J connectivity index is 0.000000791. The molecule has 0 fully saturated rings. The fourth-order valence-electron chi connectivity index (χ4n) is 0.881. The molecule has 0 aliphatic rings. The summed E-state index contributed by atoms with van der Waals surface area (Å²) in [4.78, 5) is 4.66. The molecule has 0 saturated heterocycles. The summed E-state index contributed by atoms with van der Waals surface area (Å²) in [6, 6.07) is 7.93. The molecule has 0 saturated carbocycles. The summed E-state index contributed by atoms with van der Waals surface area (Å²) in [6.45, 7) is 5.91. The average Bonchev–Trinajstić information content (AvgIpc) is 2.22. The van der Waals surface area contributed by atoms with E-state index >= 15 is 0 Å². The van der Waals surface area contributed by atoms with Crippen molar-refractivity contribution in [3.63, 3.8) is 0 Å². The first-order chi connectivity index (χ1) is 6.74. The van der Waals surface area contributed by atoms with E-state index in [2.05, 4.69) is 25.9 Å². The van der Waals surface area contributed by atoms with Crippen LogP contribution < -0.4 is 0 Å². The van der Waals surface area contributed by atoms with Crippen LogP contribution in [0.25, 0.3) is 0 Å². The third kappa shape index (κ3) is 4.42. The number of hydrogen-bond acceptors (Lipinski definition) is 2. The normalized spacial score (nSPS) is 10.2. The SMILES string of the molecule is CC.CO/N=C(\C)c1ccc(Br)cc1. The number of hydrogen-bond donors (Lipinski definition) is 0. The smallest absolute Gasteiger partial charge is 0.106 e. The Kier molecular flexibility index (Phi) is 7.11. The van der Waals surface area contributed by atoms with Gasteiger partial charge >= 0.3 is 0 Å². The lowest BCUT2D eigenvalue weighted by Gasteiger charge is -1.98. The third-order valence-corrected chi connectivity index (χ3v) is 2.02. The van der Waals surface area contributed by atoms with Gasteiger partial charge in [0, 0.05) is 4.47 Å². The molecule has 3 heteroatoms. The van der Waals surface area contributed by atoms with Gasteiger partial charge in [0.1, 0.15) is 7.11 Å². The molecule has 0 aromatic heterocycles. The molecule has 0 atom stereocenters. The van der Waals surface area contributed by atoms with E-state index in [1.165, 1.54) is 0 Å². The number of rotatable bonds is 2. The van der Waals surface area contributed by atoms with Crippen LogP contribution >= 0.6 is 15.9 Å². The lowest BCUT2D eigenvalue weighted by atomic mass is 10.1. The number of nitrogens with zero attached hydrogens (tertiary/aromatic N) is 1. The minimum Gasteiger partial charge on any atom is -0.399 e. The molecule has 14 heavy (non-hydrogen) atoms. The third-order valence-electron chi connectivity index (χ3n) is 1.49. The van der Waals surface area contributed by atoms with Crippen LogP contribution in [0.2, 0.25) is 0 Å². The highest BCUT2D eigenvalue weighted by molar-refractivity contribution is 9.10. The molecule has 0 bridgehead atoms. The van der Waals surface area contributed by atoms with Crippen molar-refractivity contribution in [2.24, 2.45) is 5.16 Å². The molecule has 1 aromatic carbocycles. The maximum absolute atomic E-state index is 4.66. The first-order valence-electron chi connectivity index (χ1n) is 4.57.